The van der Waals surface area contributed by atoms with Crippen LogP contribution in [0.5, 0.6) is 0 Å². The van der Waals surface area contributed by atoms with E-state index in [1.165, 1.54) is 0 Å². The lowest BCUT2D eigenvalue weighted by atomic mass is 10.1. The van der Waals surface area contributed by atoms with Crippen molar-refractivity contribution >= 4 is 23.4 Å². The fourth-order valence-corrected chi connectivity index (χ4v) is 2.44. The molecule has 0 aromatic heterocycles. The summed E-state index contributed by atoms with van der Waals surface area (Å²) in [5.41, 5.74) is 2.45. The van der Waals surface area contributed by atoms with Gasteiger partial charge in [-0.1, -0.05) is 30.9 Å². The number of carbonyl (C=O) groups excluding carboxylic acids is 2. The minimum atomic E-state index is -0.546. The molecular weight excluding hydrogens is 352 g/mol. The van der Waals surface area contributed by atoms with Crippen molar-refractivity contribution in [3.05, 3.63) is 59.7 Å². The molecule has 0 aliphatic rings. The molecule has 0 bridgehead atoms. The summed E-state index contributed by atoms with van der Waals surface area (Å²) in [5, 5.41) is 2.69. The van der Waals surface area contributed by atoms with E-state index in [0.29, 0.717) is 12.1 Å². The Hall–Kier alpha value is -3.26. The van der Waals surface area contributed by atoms with Gasteiger partial charge in [0.2, 0.25) is 5.91 Å². The van der Waals surface area contributed by atoms with Crippen LogP contribution in [0.4, 0.5) is 16.2 Å². The largest absolute Gasteiger partial charge is 0.444 e. The predicted molar refractivity (Wildman–Crippen MR) is 112 cm³/mol. The van der Waals surface area contributed by atoms with Crippen molar-refractivity contribution in [3.63, 3.8) is 0 Å². The zero-order valence-corrected chi connectivity index (χ0v) is 17.0. The Morgan fingerprint density at radius 2 is 1.68 bits per heavy atom. The average molecular weight is 378 g/mol. The molecule has 0 radical (unpaired) electrons. The molecule has 0 spiro atoms. The van der Waals surface area contributed by atoms with Crippen LogP contribution < -0.4 is 10.2 Å². The Morgan fingerprint density at radius 1 is 1.04 bits per heavy atom. The van der Waals surface area contributed by atoms with Gasteiger partial charge in [0.1, 0.15) is 5.60 Å². The first-order chi connectivity index (χ1) is 13.2. The zero-order chi connectivity index (χ0) is 20.7. The summed E-state index contributed by atoms with van der Waals surface area (Å²) in [6, 6.07) is 14.7. The van der Waals surface area contributed by atoms with Crippen LogP contribution in [0.2, 0.25) is 0 Å². The van der Waals surface area contributed by atoms with Crippen LogP contribution in [0.1, 0.15) is 45.2 Å². The monoisotopic (exact) mass is 378 g/mol. The second kappa shape index (κ2) is 9.09. The highest BCUT2D eigenvalue weighted by molar-refractivity contribution is 5.94. The first-order valence-corrected chi connectivity index (χ1v) is 9.17. The maximum atomic E-state index is 12.0. The fourth-order valence-electron chi connectivity index (χ4n) is 2.44. The van der Waals surface area contributed by atoms with E-state index in [1.54, 1.807) is 24.1 Å². The van der Waals surface area contributed by atoms with E-state index in [9.17, 15) is 9.59 Å². The van der Waals surface area contributed by atoms with Crippen molar-refractivity contribution in [1.29, 1.82) is 0 Å². The summed E-state index contributed by atoms with van der Waals surface area (Å²) in [6.07, 6.45) is -0.0615. The van der Waals surface area contributed by atoms with Crippen LogP contribution in [0.15, 0.2) is 48.5 Å². The number of nitrogens with one attached hydrogen (secondary N) is 1. The number of rotatable bonds is 3. The van der Waals surface area contributed by atoms with E-state index in [1.807, 2.05) is 64.1 Å². The van der Waals surface area contributed by atoms with E-state index in [0.717, 1.165) is 16.8 Å². The van der Waals surface area contributed by atoms with Crippen molar-refractivity contribution in [2.24, 2.45) is 0 Å². The lowest BCUT2D eigenvalue weighted by Gasteiger charge is -2.19. The molecule has 5 nitrogen and oxygen atoms in total. The second-order valence-electron chi connectivity index (χ2n) is 7.28. The van der Waals surface area contributed by atoms with Gasteiger partial charge in [-0.05, 0) is 57.2 Å². The van der Waals surface area contributed by atoms with Crippen LogP contribution in [-0.4, -0.2) is 24.6 Å². The summed E-state index contributed by atoms with van der Waals surface area (Å²) in [4.78, 5) is 25.4. The SMILES string of the molecule is CCC(=O)N(C)c1ccccc1C#Cc1ccc(NC(=O)OC(C)(C)C)cc1. The number of carbonyl (C=O) groups is 2. The summed E-state index contributed by atoms with van der Waals surface area (Å²) in [6.45, 7) is 7.28. The number of para-hydroxylation sites is 1. The summed E-state index contributed by atoms with van der Waals surface area (Å²) >= 11 is 0. The highest BCUT2D eigenvalue weighted by Gasteiger charge is 2.16. The Balaban J connectivity index is 2.13. The van der Waals surface area contributed by atoms with E-state index in [-0.39, 0.29) is 5.91 Å². The Labute approximate surface area is 166 Å². The lowest BCUT2D eigenvalue weighted by molar-refractivity contribution is -0.118. The molecule has 0 heterocycles. The lowest BCUT2D eigenvalue weighted by Crippen LogP contribution is -2.27. The Bertz CT molecular complexity index is 900. The van der Waals surface area contributed by atoms with E-state index < -0.39 is 11.7 Å². The van der Waals surface area contributed by atoms with Gasteiger partial charge in [0.05, 0.1) is 5.69 Å². The fraction of sp³-hybridized carbons (Fsp3) is 0.304. The minimum Gasteiger partial charge on any atom is -0.444 e. The topological polar surface area (TPSA) is 58.6 Å². The van der Waals surface area contributed by atoms with Gasteiger partial charge in [0.25, 0.3) is 0 Å². The van der Waals surface area contributed by atoms with Crippen molar-refractivity contribution < 1.29 is 14.3 Å². The summed E-state index contributed by atoms with van der Waals surface area (Å²) in [7, 11) is 1.75. The number of hydrogen-bond donors (Lipinski definition) is 1. The highest BCUT2D eigenvalue weighted by Crippen LogP contribution is 2.19. The number of benzene rings is 2. The van der Waals surface area contributed by atoms with Gasteiger partial charge in [-0.3, -0.25) is 10.1 Å². The van der Waals surface area contributed by atoms with Gasteiger partial charge in [-0.2, -0.15) is 0 Å². The number of ether oxygens (including phenoxy) is 1. The van der Waals surface area contributed by atoms with Crippen molar-refractivity contribution in [1.82, 2.24) is 0 Å². The molecule has 2 rings (SSSR count). The molecule has 2 aromatic carbocycles. The third kappa shape index (κ3) is 6.17. The van der Waals surface area contributed by atoms with Gasteiger partial charge in [-0.25, -0.2) is 4.79 Å². The van der Waals surface area contributed by atoms with Crippen molar-refractivity contribution in [3.8, 4) is 11.8 Å². The molecule has 146 valence electrons. The minimum absolute atomic E-state index is 0.0341. The van der Waals surface area contributed by atoms with Crippen LogP contribution in [0, 0.1) is 11.8 Å². The highest BCUT2D eigenvalue weighted by atomic mass is 16.6. The molecule has 0 atom stereocenters. The molecule has 1 N–H and O–H groups in total. The Morgan fingerprint density at radius 3 is 2.29 bits per heavy atom. The molecule has 0 saturated carbocycles. The van der Waals surface area contributed by atoms with Crippen LogP contribution in [-0.2, 0) is 9.53 Å². The van der Waals surface area contributed by atoms with Gasteiger partial charge in [-0.15, -0.1) is 0 Å². The Kier molecular flexibility index (Phi) is 6.84. The van der Waals surface area contributed by atoms with Crippen LogP contribution in [0.25, 0.3) is 0 Å². The van der Waals surface area contributed by atoms with Crippen molar-refractivity contribution in [2.45, 2.75) is 39.7 Å². The molecule has 2 amide bonds. The van der Waals surface area contributed by atoms with E-state index >= 15 is 0 Å². The average Bonchev–Trinajstić information content (AvgIpc) is 2.65. The standard InChI is InChI=1S/C23H26N2O3/c1-6-21(26)25(5)20-10-8-7-9-18(20)14-11-17-12-15-19(16-13-17)24-22(27)28-23(2,3)4/h7-10,12-13,15-16H,6H2,1-5H3,(H,24,27). The van der Waals surface area contributed by atoms with Crippen LogP contribution in [0.3, 0.4) is 0 Å². The van der Waals surface area contributed by atoms with Crippen molar-refractivity contribution in [2.75, 3.05) is 17.3 Å². The summed E-state index contributed by atoms with van der Waals surface area (Å²) in [5.74, 6) is 6.26. The summed E-state index contributed by atoms with van der Waals surface area (Å²) < 4.78 is 5.23. The maximum Gasteiger partial charge on any atom is 0.412 e. The number of nitrogens with zero attached hydrogens (tertiary/aromatic N) is 1. The molecule has 0 saturated heterocycles. The van der Waals surface area contributed by atoms with Crippen LogP contribution >= 0.6 is 0 Å². The van der Waals surface area contributed by atoms with E-state index in [2.05, 4.69) is 17.2 Å². The molecular formula is C23H26N2O3. The first kappa shape index (κ1) is 21.0. The number of hydrogen-bond acceptors (Lipinski definition) is 3. The normalized spacial score (nSPS) is 10.5. The third-order valence-electron chi connectivity index (χ3n) is 3.81. The number of amides is 2. The molecule has 0 unspecified atom stereocenters. The van der Waals surface area contributed by atoms with Gasteiger partial charge < -0.3 is 9.64 Å². The molecule has 5 heteroatoms. The molecule has 0 aliphatic carbocycles. The smallest absolute Gasteiger partial charge is 0.412 e. The molecule has 28 heavy (non-hydrogen) atoms. The molecule has 0 aliphatic heterocycles. The molecule has 0 fully saturated rings. The zero-order valence-electron chi connectivity index (χ0n) is 17.0. The van der Waals surface area contributed by atoms with E-state index in [4.69, 9.17) is 4.74 Å². The van der Waals surface area contributed by atoms with Gasteiger partial charge in [0, 0.05) is 30.3 Å². The quantitative estimate of drug-likeness (QED) is 0.780. The second-order valence-corrected chi connectivity index (χ2v) is 7.28. The maximum absolute atomic E-state index is 12.0. The van der Waals surface area contributed by atoms with Gasteiger partial charge >= 0.3 is 6.09 Å². The molecule has 2 aromatic rings. The number of anilines is 2. The predicted octanol–water partition coefficient (Wildman–Crippen LogP) is 4.81. The first-order valence-electron chi connectivity index (χ1n) is 9.17. The third-order valence-corrected chi connectivity index (χ3v) is 3.81. The van der Waals surface area contributed by atoms with Gasteiger partial charge in [0.15, 0.2) is 0 Å².